The summed E-state index contributed by atoms with van der Waals surface area (Å²) in [6.07, 6.45) is 0.173. The molecule has 6 N–H and O–H groups in total. The number of aromatic hydroxyl groups is 1. The summed E-state index contributed by atoms with van der Waals surface area (Å²) >= 11 is 1.38. The highest BCUT2D eigenvalue weighted by Gasteiger charge is 2.52. The molecule has 11 nitrogen and oxygen atoms in total. The molecule has 0 bridgehead atoms. The Hall–Kier alpha value is -3.48. The lowest BCUT2D eigenvalue weighted by atomic mass is 10.1. The van der Waals surface area contributed by atoms with Crippen LogP contribution in [-0.2, 0) is 19.1 Å². The second-order valence-electron chi connectivity index (χ2n) is 8.46. The van der Waals surface area contributed by atoms with Crippen molar-refractivity contribution < 1.29 is 29.0 Å². The third kappa shape index (κ3) is 5.45. The van der Waals surface area contributed by atoms with Gasteiger partial charge in [-0.25, -0.2) is 0 Å². The molecule has 2 saturated heterocycles. The van der Waals surface area contributed by atoms with Gasteiger partial charge in [0.2, 0.25) is 11.8 Å². The first-order chi connectivity index (χ1) is 16.7. The number of nitrogen functional groups attached to an aromatic ring is 1. The summed E-state index contributed by atoms with van der Waals surface area (Å²) in [6.45, 7) is 2.30. The fourth-order valence-corrected chi connectivity index (χ4v) is 5.03. The molecule has 2 aliphatic heterocycles. The number of carbonyl (C=O) groups excluding carboxylic acids is 3. The van der Waals surface area contributed by atoms with Gasteiger partial charge in [0.15, 0.2) is 5.79 Å². The number of thiophene rings is 1. The van der Waals surface area contributed by atoms with E-state index in [4.69, 9.17) is 20.6 Å². The predicted octanol–water partition coefficient (Wildman–Crippen LogP) is 0.689. The fourth-order valence-electron chi connectivity index (χ4n) is 4.12. The molecule has 2 aromatic rings. The number of carbonyl (C=O) groups is 3. The van der Waals surface area contributed by atoms with Crippen molar-refractivity contribution in [1.82, 2.24) is 15.5 Å². The highest BCUT2D eigenvalue weighted by atomic mass is 32.1. The first-order valence-corrected chi connectivity index (χ1v) is 11.9. The van der Waals surface area contributed by atoms with Crippen LogP contribution in [0.1, 0.15) is 40.2 Å². The van der Waals surface area contributed by atoms with Crippen LogP contribution in [0.25, 0.3) is 0 Å². The van der Waals surface area contributed by atoms with E-state index in [0.29, 0.717) is 24.3 Å². The van der Waals surface area contributed by atoms with Crippen molar-refractivity contribution in [2.75, 3.05) is 26.3 Å². The summed E-state index contributed by atoms with van der Waals surface area (Å²) < 4.78 is 11.5. The molecule has 35 heavy (non-hydrogen) atoms. The molecule has 2 aliphatic rings. The number of rotatable bonds is 7. The van der Waals surface area contributed by atoms with Gasteiger partial charge >= 0.3 is 0 Å². The zero-order valence-corrected chi connectivity index (χ0v) is 19.9. The maximum Gasteiger partial charge on any atom is 0.251 e. The van der Waals surface area contributed by atoms with Crippen molar-refractivity contribution in [1.29, 1.82) is 5.41 Å². The molecule has 1 aromatic heterocycles. The van der Waals surface area contributed by atoms with Gasteiger partial charge in [-0.05, 0) is 37.3 Å². The summed E-state index contributed by atoms with van der Waals surface area (Å²) in [5.41, 5.74) is 6.40. The molecule has 2 atom stereocenters. The lowest BCUT2D eigenvalue weighted by Crippen LogP contribution is -2.49. The van der Waals surface area contributed by atoms with Crippen molar-refractivity contribution in [3.05, 3.63) is 51.7 Å². The molecule has 0 saturated carbocycles. The topological polar surface area (TPSA) is 167 Å². The fraction of sp³-hybridized carbons (Fsp3) is 0.391. The predicted molar refractivity (Wildman–Crippen MR) is 127 cm³/mol. The average molecular weight is 502 g/mol. The van der Waals surface area contributed by atoms with Crippen molar-refractivity contribution in [3.8, 4) is 5.75 Å². The zero-order valence-electron chi connectivity index (χ0n) is 19.1. The number of phenolic OH excluding ortho intramolecular Hbond substituents is 1. The second kappa shape index (κ2) is 10.0. The largest absolute Gasteiger partial charge is 0.508 e. The number of hydrogen-bond acceptors (Lipinski definition) is 8. The lowest BCUT2D eigenvalue weighted by Gasteiger charge is -2.25. The van der Waals surface area contributed by atoms with Crippen LogP contribution in [0.5, 0.6) is 5.75 Å². The molecule has 186 valence electrons. The maximum atomic E-state index is 13.2. The standard InChI is InChI=1S/C23H27N5O6S/c1-13(18-8-15(11-35-18)20(24)25)27-22(32)17-9-23(33-6-7-34-23)12-28(17)19(30)10-26-21(31)14-2-4-16(29)5-3-14/h2-5,8,11,13,17,29H,6-7,9-10,12H2,1H3,(H3,24,25)(H,26,31)(H,27,32)/t13?,17-/m0/s1. The van der Waals surface area contributed by atoms with E-state index in [1.165, 1.54) is 40.5 Å². The molecule has 1 unspecified atom stereocenters. The Morgan fingerprint density at radius 3 is 2.57 bits per heavy atom. The number of likely N-dealkylation sites (tertiary alicyclic amines) is 1. The summed E-state index contributed by atoms with van der Waals surface area (Å²) in [7, 11) is 0. The zero-order chi connectivity index (χ0) is 25.2. The van der Waals surface area contributed by atoms with Crippen LogP contribution in [-0.4, -0.2) is 71.7 Å². The molecule has 4 rings (SSSR count). The molecular formula is C23H27N5O6S. The number of nitrogens with one attached hydrogen (secondary N) is 3. The number of amidine groups is 1. The van der Waals surface area contributed by atoms with E-state index < -0.39 is 23.6 Å². The van der Waals surface area contributed by atoms with Crippen molar-refractivity contribution >= 4 is 34.9 Å². The normalized spacial score (nSPS) is 19.5. The van der Waals surface area contributed by atoms with Crippen molar-refractivity contribution in [2.45, 2.75) is 31.2 Å². The Labute approximate surface area is 205 Å². The summed E-state index contributed by atoms with van der Waals surface area (Å²) in [4.78, 5) is 40.9. The van der Waals surface area contributed by atoms with Gasteiger partial charge in [-0.15, -0.1) is 11.3 Å². The van der Waals surface area contributed by atoms with Crippen LogP contribution in [0.4, 0.5) is 0 Å². The van der Waals surface area contributed by atoms with E-state index in [-0.39, 0.29) is 43.0 Å². The molecule has 12 heteroatoms. The van der Waals surface area contributed by atoms with E-state index in [0.717, 1.165) is 4.88 Å². The molecule has 0 radical (unpaired) electrons. The Kier molecular flexibility index (Phi) is 7.05. The lowest BCUT2D eigenvalue weighted by molar-refractivity contribution is -0.152. The first kappa shape index (κ1) is 24.6. The van der Waals surface area contributed by atoms with Gasteiger partial charge in [-0.3, -0.25) is 19.8 Å². The number of amides is 3. The van der Waals surface area contributed by atoms with E-state index in [1.807, 2.05) is 6.92 Å². The first-order valence-electron chi connectivity index (χ1n) is 11.1. The van der Waals surface area contributed by atoms with E-state index in [1.54, 1.807) is 11.4 Å². The smallest absolute Gasteiger partial charge is 0.251 e. The Morgan fingerprint density at radius 1 is 1.26 bits per heavy atom. The van der Waals surface area contributed by atoms with Crippen LogP contribution in [0.2, 0.25) is 0 Å². The monoisotopic (exact) mass is 501 g/mol. The van der Waals surface area contributed by atoms with Crippen molar-refractivity contribution in [3.63, 3.8) is 0 Å². The van der Waals surface area contributed by atoms with E-state index >= 15 is 0 Å². The van der Waals surface area contributed by atoms with Crippen LogP contribution in [0, 0.1) is 5.41 Å². The van der Waals surface area contributed by atoms with E-state index in [2.05, 4.69) is 10.6 Å². The quantitative estimate of drug-likeness (QED) is 0.275. The van der Waals surface area contributed by atoms with Crippen LogP contribution in [0.15, 0.2) is 35.7 Å². The van der Waals surface area contributed by atoms with Gasteiger partial charge in [-0.2, -0.15) is 0 Å². The Bertz CT molecular complexity index is 1130. The Balaban J connectivity index is 1.43. The van der Waals surface area contributed by atoms with E-state index in [9.17, 15) is 19.5 Å². The molecule has 2 fully saturated rings. The molecule has 3 heterocycles. The minimum Gasteiger partial charge on any atom is -0.508 e. The molecule has 3 amide bonds. The summed E-state index contributed by atoms with van der Waals surface area (Å²) in [5.74, 6) is -2.37. The summed E-state index contributed by atoms with van der Waals surface area (Å²) in [6, 6.07) is 6.18. The van der Waals surface area contributed by atoms with Crippen LogP contribution >= 0.6 is 11.3 Å². The number of hydrogen-bond donors (Lipinski definition) is 5. The van der Waals surface area contributed by atoms with Gasteiger partial charge in [-0.1, -0.05) is 0 Å². The average Bonchev–Trinajstić information content (AvgIpc) is 3.58. The highest BCUT2D eigenvalue weighted by molar-refractivity contribution is 7.10. The van der Waals surface area contributed by atoms with Crippen LogP contribution < -0.4 is 16.4 Å². The van der Waals surface area contributed by atoms with Gasteiger partial charge in [0.05, 0.1) is 32.3 Å². The minimum atomic E-state index is -1.05. The maximum absolute atomic E-state index is 13.2. The highest BCUT2D eigenvalue weighted by Crippen LogP contribution is 2.35. The number of ether oxygens (including phenoxy) is 2. The van der Waals surface area contributed by atoms with Gasteiger partial charge in [0.25, 0.3) is 5.91 Å². The SMILES string of the molecule is CC(NC(=O)[C@@H]1CC2(CN1C(=O)CNC(=O)c1ccc(O)cc1)OCCO2)c1cc(C(=N)N)cs1. The Morgan fingerprint density at radius 2 is 1.94 bits per heavy atom. The minimum absolute atomic E-state index is 0.0275. The molecule has 0 aliphatic carbocycles. The number of benzene rings is 1. The number of phenols is 1. The van der Waals surface area contributed by atoms with Crippen LogP contribution in [0.3, 0.4) is 0 Å². The number of nitrogens with zero attached hydrogens (tertiary/aromatic N) is 1. The third-order valence-corrected chi connectivity index (χ3v) is 7.09. The molecule has 1 aromatic carbocycles. The molecular weight excluding hydrogens is 474 g/mol. The summed E-state index contributed by atoms with van der Waals surface area (Å²) in [5, 5.41) is 24.2. The molecule has 1 spiro atoms. The van der Waals surface area contributed by atoms with Gasteiger partial charge in [0, 0.05) is 27.8 Å². The second-order valence-corrected chi connectivity index (χ2v) is 9.40. The van der Waals surface area contributed by atoms with Crippen molar-refractivity contribution in [2.24, 2.45) is 5.73 Å². The van der Waals surface area contributed by atoms with Gasteiger partial charge in [0.1, 0.15) is 17.6 Å². The third-order valence-electron chi connectivity index (χ3n) is 5.97. The number of nitrogens with two attached hydrogens (primary N) is 1. The van der Waals surface area contributed by atoms with Gasteiger partial charge < -0.3 is 35.8 Å².